The average Bonchev–Trinajstić information content (AvgIpc) is 2.40. The lowest BCUT2D eigenvalue weighted by atomic mass is 10.2. The summed E-state index contributed by atoms with van der Waals surface area (Å²) in [5.41, 5.74) is 7.52. The van der Waals surface area contributed by atoms with E-state index in [0.717, 1.165) is 5.56 Å². The molecule has 2 rings (SSSR count). The van der Waals surface area contributed by atoms with Gasteiger partial charge in [0.15, 0.2) is 0 Å². The van der Waals surface area contributed by atoms with Crippen molar-refractivity contribution >= 4 is 23.2 Å². The van der Waals surface area contributed by atoms with Gasteiger partial charge in [-0.1, -0.05) is 11.6 Å². The zero-order chi connectivity index (χ0) is 13.0. The van der Waals surface area contributed by atoms with Crippen LogP contribution < -0.4 is 11.1 Å². The van der Waals surface area contributed by atoms with Gasteiger partial charge in [0.05, 0.1) is 10.7 Å². The van der Waals surface area contributed by atoms with Gasteiger partial charge in [-0.05, 0) is 35.9 Å². The number of carbonyl (C=O) groups excluding carboxylic acids is 1. The van der Waals surface area contributed by atoms with Crippen molar-refractivity contribution in [3.63, 3.8) is 0 Å². The van der Waals surface area contributed by atoms with Crippen LogP contribution in [0.4, 0.5) is 5.69 Å². The van der Waals surface area contributed by atoms with Gasteiger partial charge in [0, 0.05) is 24.5 Å². The van der Waals surface area contributed by atoms with E-state index in [9.17, 15) is 4.79 Å². The number of rotatable bonds is 3. The highest BCUT2D eigenvalue weighted by molar-refractivity contribution is 6.33. The summed E-state index contributed by atoms with van der Waals surface area (Å²) in [6.45, 7) is 0.448. The highest BCUT2D eigenvalue weighted by Crippen LogP contribution is 2.19. The summed E-state index contributed by atoms with van der Waals surface area (Å²) >= 11 is 5.86. The molecule has 0 aliphatic heterocycles. The summed E-state index contributed by atoms with van der Waals surface area (Å²) in [5, 5.41) is 3.18. The fraction of sp³-hybridized carbons (Fsp3) is 0.0769. The summed E-state index contributed by atoms with van der Waals surface area (Å²) in [7, 11) is 0. The first-order valence-corrected chi connectivity index (χ1v) is 5.77. The lowest BCUT2D eigenvalue weighted by Gasteiger charge is -2.06. The van der Waals surface area contributed by atoms with Crippen molar-refractivity contribution in [3.8, 4) is 0 Å². The minimum Gasteiger partial charge on any atom is -0.398 e. The van der Waals surface area contributed by atoms with E-state index in [1.807, 2.05) is 12.1 Å². The maximum atomic E-state index is 11.9. The zero-order valence-corrected chi connectivity index (χ0v) is 10.3. The van der Waals surface area contributed by atoms with Crippen molar-refractivity contribution in [2.24, 2.45) is 0 Å². The lowest BCUT2D eigenvalue weighted by Crippen LogP contribution is -2.22. The highest BCUT2D eigenvalue weighted by atomic mass is 35.5. The standard InChI is InChI=1S/C13H12ClN3O/c14-11-7-10(1-2-12(11)15)13(18)17-8-9-3-5-16-6-4-9/h1-7H,8,15H2,(H,17,18). The van der Waals surface area contributed by atoms with Gasteiger partial charge in [-0.25, -0.2) is 0 Å². The molecule has 1 aromatic carbocycles. The molecule has 0 saturated carbocycles. The van der Waals surface area contributed by atoms with Gasteiger partial charge in [0.2, 0.25) is 0 Å². The first-order valence-electron chi connectivity index (χ1n) is 5.39. The normalized spacial score (nSPS) is 10.1. The van der Waals surface area contributed by atoms with Crippen molar-refractivity contribution in [2.75, 3.05) is 5.73 Å². The van der Waals surface area contributed by atoms with Crippen LogP contribution in [0, 0.1) is 0 Å². The molecule has 1 heterocycles. The van der Waals surface area contributed by atoms with Crippen molar-refractivity contribution < 1.29 is 4.79 Å². The number of nitrogen functional groups attached to an aromatic ring is 1. The number of nitrogens with two attached hydrogens (primary N) is 1. The highest BCUT2D eigenvalue weighted by Gasteiger charge is 2.07. The summed E-state index contributed by atoms with van der Waals surface area (Å²) in [6.07, 6.45) is 3.36. The number of nitrogens with zero attached hydrogens (tertiary/aromatic N) is 1. The predicted octanol–water partition coefficient (Wildman–Crippen LogP) is 2.25. The van der Waals surface area contributed by atoms with E-state index < -0.39 is 0 Å². The van der Waals surface area contributed by atoms with Crippen LogP contribution >= 0.6 is 11.6 Å². The second kappa shape index (κ2) is 5.51. The molecule has 0 atom stereocenters. The Balaban J connectivity index is 2.02. The van der Waals surface area contributed by atoms with Crippen molar-refractivity contribution in [3.05, 3.63) is 58.9 Å². The third-order valence-corrected chi connectivity index (χ3v) is 2.79. The molecule has 0 spiro atoms. The molecule has 0 saturated heterocycles. The Morgan fingerprint density at radius 2 is 2.00 bits per heavy atom. The fourth-order valence-electron chi connectivity index (χ4n) is 1.45. The molecule has 0 aliphatic rings. The molecular weight excluding hydrogens is 250 g/mol. The molecule has 5 heteroatoms. The Morgan fingerprint density at radius 1 is 1.28 bits per heavy atom. The van der Waals surface area contributed by atoms with Crippen LogP contribution in [0.5, 0.6) is 0 Å². The number of hydrogen-bond acceptors (Lipinski definition) is 3. The Labute approximate surface area is 110 Å². The molecular formula is C13H12ClN3O. The van der Waals surface area contributed by atoms with Crippen LogP contribution in [0.25, 0.3) is 0 Å². The number of amides is 1. The Kier molecular flexibility index (Phi) is 3.79. The number of pyridine rings is 1. The van der Waals surface area contributed by atoms with Crippen LogP contribution in [-0.4, -0.2) is 10.9 Å². The second-order valence-electron chi connectivity index (χ2n) is 3.77. The van der Waals surface area contributed by atoms with Crippen molar-refractivity contribution in [1.29, 1.82) is 0 Å². The van der Waals surface area contributed by atoms with Gasteiger partial charge >= 0.3 is 0 Å². The molecule has 0 bridgehead atoms. The minimum atomic E-state index is -0.186. The van der Waals surface area contributed by atoms with E-state index in [1.54, 1.807) is 30.6 Å². The van der Waals surface area contributed by atoms with Crippen molar-refractivity contribution in [2.45, 2.75) is 6.54 Å². The van der Waals surface area contributed by atoms with Gasteiger partial charge in [-0.2, -0.15) is 0 Å². The predicted molar refractivity (Wildman–Crippen MR) is 71.3 cm³/mol. The number of carbonyl (C=O) groups is 1. The van der Waals surface area contributed by atoms with Crippen LogP contribution in [0.2, 0.25) is 5.02 Å². The molecule has 0 aliphatic carbocycles. The zero-order valence-electron chi connectivity index (χ0n) is 9.56. The van der Waals surface area contributed by atoms with E-state index in [2.05, 4.69) is 10.3 Å². The SMILES string of the molecule is Nc1ccc(C(=O)NCc2ccncc2)cc1Cl. The minimum absolute atomic E-state index is 0.186. The molecule has 0 radical (unpaired) electrons. The van der Waals surface area contributed by atoms with Crippen molar-refractivity contribution in [1.82, 2.24) is 10.3 Å². The first kappa shape index (κ1) is 12.4. The van der Waals surface area contributed by atoms with Crippen LogP contribution in [-0.2, 0) is 6.54 Å². The summed E-state index contributed by atoms with van der Waals surface area (Å²) in [6, 6.07) is 8.50. The number of halogens is 1. The molecule has 0 fully saturated rings. The average molecular weight is 262 g/mol. The number of aromatic nitrogens is 1. The largest absolute Gasteiger partial charge is 0.398 e. The monoisotopic (exact) mass is 261 g/mol. The maximum absolute atomic E-state index is 11.9. The van der Waals surface area contributed by atoms with Crippen LogP contribution in [0.3, 0.4) is 0 Å². The van der Waals surface area contributed by atoms with Gasteiger partial charge in [0.1, 0.15) is 0 Å². The summed E-state index contributed by atoms with van der Waals surface area (Å²) in [5.74, 6) is -0.186. The molecule has 92 valence electrons. The van der Waals surface area contributed by atoms with Gasteiger partial charge in [-0.3, -0.25) is 9.78 Å². The van der Waals surface area contributed by atoms with E-state index >= 15 is 0 Å². The molecule has 4 nitrogen and oxygen atoms in total. The Hall–Kier alpha value is -2.07. The second-order valence-corrected chi connectivity index (χ2v) is 4.18. The maximum Gasteiger partial charge on any atom is 0.251 e. The van der Waals surface area contributed by atoms with Gasteiger partial charge in [0.25, 0.3) is 5.91 Å². The van der Waals surface area contributed by atoms with Crippen LogP contribution in [0.1, 0.15) is 15.9 Å². The first-order chi connectivity index (χ1) is 8.66. The molecule has 0 unspecified atom stereocenters. The van der Waals surface area contributed by atoms with E-state index in [4.69, 9.17) is 17.3 Å². The fourth-order valence-corrected chi connectivity index (χ4v) is 1.63. The Morgan fingerprint density at radius 3 is 2.67 bits per heavy atom. The third kappa shape index (κ3) is 2.99. The van der Waals surface area contributed by atoms with Crippen LogP contribution in [0.15, 0.2) is 42.7 Å². The summed E-state index contributed by atoms with van der Waals surface area (Å²) in [4.78, 5) is 15.8. The van der Waals surface area contributed by atoms with E-state index in [-0.39, 0.29) is 5.91 Å². The lowest BCUT2D eigenvalue weighted by molar-refractivity contribution is 0.0951. The Bertz CT molecular complexity index is 557. The topological polar surface area (TPSA) is 68.0 Å². The molecule has 3 N–H and O–H groups in total. The smallest absolute Gasteiger partial charge is 0.251 e. The molecule has 1 aromatic heterocycles. The quantitative estimate of drug-likeness (QED) is 0.833. The molecule has 1 amide bonds. The van der Waals surface area contributed by atoms with Gasteiger partial charge in [-0.15, -0.1) is 0 Å². The van der Waals surface area contributed by atoms with Gasteiger partial charge < -0.3 is 11.1 Å². The third-order valence-electron chi connectivity index (χ3n) is 2.47. The number of benzene rings is 1. The number of hydrogen-bond donors (Lipinski definition) is 2. The molecule has 2 aromatic rings. The summed E-state index contributed by atoms with van der Waals surface area (Å²) < 4.78 is 0. The van der Waals surface area contributed by atoms with E-state index in [0.29, 0.717) is 22.8 Å². The molecule has 18 heavy (non-hydrogen) atoms. The number of anilines is 1. The van der Waals surface area contributed by atoms with E-state index in [1.165, 1.54) is 0 Å². The number of nitrogens with one attached hydrogen (secondary N) is 1.